The maximum Gasteiger partial charge on any atom is 0.0462 e. The number of rotatable bonds is 6. The van der Waals surface area contributed by atoms with E-state index >= 15 is 0 Å². The maximum absolute atomic E-state index is 9.35. The van der Waals surface area contributed by atoms with Crippen LogP contribution in [0.2, 0.25) is 0 Å². The van der Waals surface area contributed by atoms with Crippen molar-refractivity contribution in [3.05, 3.63) is 29.8 Å². The van der Waals surface area contributed by atoms with Crippen molar-refractivity contribution in [2.24, 2.45) is 11.8 Å². The molecule has 0 saturated heterocycles. The summed E-state index contributed by atoms with van der Waals surface area (Å²) in [5.74, 6) is 1.16. The first-order valence-electron chi connectivity index (χ1n) is 7.22. The van der Waals surface area contributed by atoms with Crippen molar-refractivity contribution >= 4 is 11.8 Å². The van der Waals surface area contributed by atoms with Gasteiger partial charge in [-0.1, -0.05) is 18.6 Å². The van der Waals surface area contributed by atoms with E-state index in [1.807, 2.05) is 0 Å². The van der Waals surface area contributed by atoms with Crippen molar-refractivity contribution in [3.63, 3.8) is 0 Å². The second kappa shape index (κ2) is 7.32. The van der Waals surface area contributed by atoms with Crippen LogP contribution >= 0.6 is 11.8 Å². The molecule has 0 amide bonds. The number of hydrogen-bond acceptors (Lipinski definition) is 3. The van der Waals surface area contributed by atoms with Gasteiger partial charge in [0.15, 0.2) is 0 Å². The van der Waals surface area contributed by atoms with Crippen molar-refractivity contribution in [2.75, 3.05) is 19.4 Å². The number of aliphatic hydroxyl groups excluding tert-OH is 1. The van der Waals surface area contributed by atoms with Crippen molar-refractivity contribution in [1.29, 1.82) is 0 Å². The number of aliphatic hydroxyl groups is 1. The second-order valence-corrected chi connectivity index (χ2v) is 6.42. The van der Waals surface area contributed by atoms with Gasteiger partial charge in [-0.25, -0.2) is 0 Å². The van der Waals surface area contributed by atoms with E-state index in [1.165, 1.54) is 29.7 Å². The molecular weight excluding hydrogens is 254 g/mol. The Morgan fingerprint density at radius 2 is 1.95 bits per heavy atom. The number of benzene rings is 1. The average Bonchev–Trinajstić information content (AvgIpc) is 2.92. The van der Waals surface area contributed by atoms with E-state index < -0.39 is 0 Å². The highest BCUT2D eigenvalue weighted by molar-refractivity contribution is 7.98. The molecule has 1 aliphatic carbocycles. The summed E-state index contributed by atoms with van der Waals surface area (Å²) in [7, 11) is 0. The van der Waals surface area contributed by atoms with E-state index in [-0.39, 0.29) is 0 Å². The minimum absolute atomic E-state index is 0.350. The Labute approximate surface area is 121 Å². The first-order valence-corrected chi connectivity index (χ1v) is 8.45. The van der Waals surface area contributed by atoms with Gasteiger partial charge in [0.25, 0.3) is 0 Å². The Kier molecular flexibility index (Phi) is 5.74. The van der Waals surface area contributed by atoms with E-state index in [1.54, 1.807) is 11.8 Å². The van der Waals surface area contributed by atoms with E-state index in [0.717, 1.165) is 6.54 Å². The standard InChI is InChI=1S/C16H25NOS/c1-12(13-6-8-16(19-2)9-7-13)17-10-14-4-3-5-15(14)11-18/h6-9,12,14-15,17-18H,3-5,10-11H2,1-2H3. The van der Waals surface area contributed by atoms with E-state index in [2.05, 4.69) is 42.8 Å². The average molecular weight is 279 g/mol. The third-order valence-electron chi connectivity index (χ3n) is 4.35. The molecule has 1 aromatic rings. The summed E-state index contributed by atoms with van der Waals surface area (Å²) in [5, 5.41) is 13.0. The molecule has 0 heterocycles. The number of thioether (sulfide) groups is 1. The van der Waals surface area contributed by atoms with Gasteiger partial charge in [0, 0.05) is 17.5 Å². The van der Waals surface area contributed by atoms with Crippen LogP contribution in [0.15, 0.2) is 29.2 Å². The molecule has 3 unspecified atom stereocenters. The molecule has 3 atom stereocenters. The van der Waals surface area contributed by atoms with Gasteiger partial charge in [0.2, 0.25) is 0 Å². The highest BCUT2D eigenvalue weighted by atomic mass is 32.2. The monoisotopic (exact) mass is 279 g/mol. The maximum atomic E-state index is 9.35. The third kappa shape index (κ3) is 3.98. The first-order chi connectivity index (χ1) is 9.24. The molecule has 0 aliphatic heterocycles. The van der Waals surface area contributed by atoms with Crippen LogP contribution in [-0.2, 0) is 0 Å². The largest absolute Gasteiger partial charge is 0.396 e. The topological polar surface area (TPSA) is 32.3 Å². The lowest BCUT2D eigenvalue weighted by atomic mass is 9.96. The van der Waals surface area contributed by atoms with E-state index in [0.29, 0.717) is 24.5 Å². The quantitative estimate of drug-likeness (QED) is 0.782. The molecule has 3 heteroatoms. The molecular formula is C16H25NOS. The molecule has 1 aromatic carbocycles. The van der Waals surface area contributed by atoms with Crippen molar-refractivity contribution in [2.45, 2.75) is 37.1 Å². The summed E-state index contributed by atoms with van der Waals surface area (Å²) in [6.45, 7) is 3.59. The Morgan fingerprint density at radius 3 is 2.58 bits per heavy atom. The molecule has 1 saturated carbocycles. The Bertz CT molecular complexity index is 379. The van der Waals surface area contributed by atoms with Crippen molar-refractivity contribution < 1.29 is 5.11 Å². The zero-order valence-electron chi connectivity index (χ0n) is 11.9. The predicted octanol–water partition coefficient (Wildman–Crippen LogP) is 3.47. The zero-order valence-corrected chi connectivity index (χ0v) is 12.7. The molecule has 0 aromatic heterocycles. The normalized spacial score (nSPS) is 24.6. The summed E-state index contributed by atoms with van der Waals surface area (Å²) in [6.07, 6.45) is 5.83. The fourth-order valence-corrected chi connectivity index (χ4v) is 3.37. The minimum atomic E-state index is 0.350. The van der Waals surface area contributed by atoms with E-state index in [9.17, 15) is 5.11 Å². The van der Waals surface area contributed by atoms with Gasteiger partial charge in [0.05, 0.1) is 0 Å². The molecule has 0 radical (unpaired) electrons. The summed E-state index contributed by atoms with van der Waals surface area (Å²) < 4.78 is 0. The molecule has 0 bridgehead atoms. The van der Waals surface area contributed by atoms with Gasteiger partial charge in [-0.2, -0.15) is 0 Å². The number of nitrogens with one attached hydrogen (secondary N) is 1. The van der Waals surface area contributed by atoms with Crippen LogP contribution < -0.4 is 5.32 Å². The van der Waals surface area contributed by atoms with Gasteiger partial charge >= 0.3 is 0 Å². The summed E-state index contributed by atoms with van der Waals surface area (Å²) in [6, 6.07) is 9.17. The summed E-state index contributed by atoms with van der Waals surface area (Å²) in [4.78, 5) is 1.31. The molecule has 2 nitrogen and oxygen atoms in total. The zero-order chi connectivity index (χ0) is 13.7. The predicted molar refractivity (Wildman–Crippen MR) is 82.6 cm³/mol. The molecule has 2 N–H and O–H groups in total. The van der Waals surface area contributed by atoms with Crippen molar-refractivity contribution in [1.82, 2.24) is 5.32 Å². The Hall–Kier alpha value is -0.510. The molecule has 19 heavy (non-hydrogen) atoms. The molecule has 1 fully saturated rings. The Balaban J connectivity index is 1.84. The lowest BCUT2D eigenvalue weighted by Crippen LogP contribution is -2.28. The summed E-state index contributed by atoms with van der Waals surface area (Å²) in [5.41, 5.74) is 1.34. The number of hydrogen-bond donors (Lipinski definition) is 2. The van der Waals surface area contributed by atoms with Gasteiger partial charge in [0.1, 0.15) is 0 Å². The van der Waals surface area contributed by atoms with Gasteiger partial charge < -0.3 is 10.4 Å². The van der Waals surface area contributed by atoms with Crippen LogP contribution in [0.4, 0.5) is 0 Å². The van der Waals surface area contributed by atoms with Crippen LogP contribution in [0.3, 0.4) is 0 Å². The first kappa shape index (κ1) is 14.9. The lowest BCUT2D eigenvalue weighted by Gasteiger charge is -2.21. The van der Waals surface area contributed by atoms with Gasteiger partial charge in [-0.15, -0.1) is 11.8 Å². The van der Waals surface area contributed by atoms with Crippen LogP contribution in [0, 0.1) is 11.8 Å². The van der Waals surface area contributed by atoms with Gasteiger partial charge in [-0.3, -0.25) is 0 Å². The minimum Gasteiger partial charge on any atom is -0.396 e. The van der Waals surface area contributed by atoms with Crippen LogP contribution in [0.1, 0.15) is 37.8 Å². The van der Waals surface area contributed by atoms with E-state index in [4.69, 9.17) is 0 Å². The van der Waals surface area contributed by atoms with Crippen LogP contribution in [-0.4, -0.2) is 24.5 Å². The smallest absolute Gasteiger partial charge is 0.0462 e. The fourth-order valence-electron chi connectivity index (χ4n) is 2.96. The van der Waals surface area contributed by atoms with Gasteiger partial charge in [-0.05, 0) is 62.1 Å². The lowest BCUT2D eigenvalue weighted by molar-refractivity contribution is 0.190. The fraction of sp³-hybridized carbons (Fsp3) is 0.625. The SMILES string of the molecule is CSc1ccc(C(C)NCC2CCCC2CO)cc1. The van der Waals surface area contributed by atoms with Crippen LogP contribution in [0.5, 0.6) is 0 Å². The summed E-state index contributed by atoms with van der Waals surface area (Å²) >= 11 is 1.78. The Morgan fingerprint density at radius 1 is 1.26 bits per heavy atom. The highest BCUT2D eigenvalue weighted by Gasteiger charge is 2.26. The molecule has 1 aliphatic rings. The molecule has 0 spiro atoms. The molecule has 106 valence electrons. The second-order valence-electron chi connectivity index (χ2n) is 5.54. The third-order valence-corrected chi connectivity index (χ3v) is 5.10. The van der Waals surface area contributed by atoms with Crippen LogP contribution in [0.25, 0.3) is 0 Å². The van der Waals surface area contributed by atoms with Crippen molar-refractivity contribution in [3.8, 4) is 0 Å². The molecule has 2 rings (SSSR count). The highest BCUT2D eigenvalue weighted by Crippen LogP contribution is 2.31.